The van der Waals surface area contributed by atoms with E-state index < -0.39 is 0 Å². The number of aromatic amines is 1. The third kappa shape index (κ3) is 3.04. The van der Waals surface area contributed by atoms with Crippen LogP contribution >= 0.6 is 0 Å². The summed E-state index contributed by atoms with van der Waals surface area (Å²) < 4.78 is 0. The van der Waals surface area contributed by atoms with Crippen LogP contribution in [0.15, 0.2) is 30.9 Å². The first-order chi connectivity index (χ1) is 8.25. The molecule has 0 saturated heterocycles. The van der Waals surface area contributed by atoms with Gasteiger partial charge in [-0.05, 0) is 12.1 Å². The Balaban J connectivity index is 1.85. The smallest absolute Gasteiger partial charge is 0.251 e. The summed E-state index contributed by atoms with van der Waals surface area (Å²) in [6, 6.07) is 3.17. The lowest BCUT2D eigenvalue weighted by Gasteiger charge is -2.04. The van der Waals surface area contributed by atoms with Gasteiger partial charge in [-0.15, -0.1) is 0 Å². The second-order valence-corrected chi connectivity index (χ2v) is 3.55. The monoisotopic (exact) mass is 231 g/mol. The van der Waals surface area contributed by atoms with Gasteiger partial charge in [-0.2, -0.15) is 0 Å². The van der Waals surface area contributed by atoms with Crippen molar-refractivity contribution in [3.05, 3.63) is 42.1 Å². The molecule has 6 nitrogen and oxygen atoms in total. The van der Waals surface area contributed by atoms with E-state index in [9.17, 15) is 4.79 Å². The lowest BCUT2D eigenvalue weighted by molar-refractivity contribution is 0.0954. The summed E-state index contributed by atoms with van der Waals surface area (Å²) >= 11 is 0. The average molecular weight is 231 g/mol. The van der Waals surface area contributed by atoms with E-state index in [-0.39, 0.29) is 5.91 Å². The Morgan fingerprint density at radius 2 is 2.41 bits per heavy atom. The Bertz CT molecular complexity index is 494. The van der Waals surface area contributed by atoms with Crippen molar-refractivity contribution in [2.75, 3.05) is 12.3 Å². The lowest BCUT2D eigenvalue weighted by Crippen LogP contribution is -2.25. The van der Waals surface area contributed by atoms with E-state index >= 15 is 0 Å². The molecule has 1 amide bonds. The molecule has 0 unspecified atom stereocenters. The van der Waals surface area contributed by atoms with Crippen LogP contribution in [0.5, 0.6) is 0 Å². The van der Waals surface area contributed by atoms with E-state index in [0.717, 1.165) is 5.69 Å². The minimum atomic E-state index is -0.154. The third-order valence-electron chi connectivity index (χ3n) is 2.28. The first-order valence-electron chi connectivity index (χ1n) is 5.22. The molecule has 0 aliphatic rings. The van der Waals surface area contributed by atoms with Gasteiger partial charge < -0.3 is 16.0 Å². The number of amides is 1. The van der Waals surface area contributed by atoms with Crippen molar-refractivity contribution in [2.24, 2.45) is 0 Å². The molecule has 4 N–H and O–H groups in total. The molecule has 0 aromatic carbocycles. The molecule has 0 radical (unpaired) electrons. The normalized spacial score (nSPS) is 10.1. The van der Waals surface area contributed by atoms with Crippen molar-refractivity contribution < 1.29 is 4.79 Å². The predicted molar refractivity (Wildman–Crippen MR) is 63.3 cm³/mol. The van der Waals surface area contributed by atoms with Gasteiger partial charge >= 0.3 is 0 Å². The molecule has 0 fully saturated rings. The van der Waals surface area contributed by atoms with Gasteiger partial charge in [-0.1, -0.05) is 0 Å². The number of hydrogen-bond donors (Lipinski definition) is 3. The van der Waals surface area contributed by atoms with E-state index in [0.29, 0.717) is 24.3 Å². The van der Waals surface area contributed by atoms with Gasteiger partial charge in [0.1, 0.15) is 5.82 Å². The fourth-order valence-electron chi connectivity index (χ4n) is 1.42. The van der Waals surface area contributed by atoms with Crippen LogP contribution in [0.4, 0.5) is 5.82 Å². The van der Waals surface area contributed by atoms with Crippen LogP contribution in [0.25, 0.3) is 0 Å². The van der Waals surface area contributed by atoms with Gasteiger partial charge in [-0.25, -0.2) is 9.97 Å². The Hall–Kier alpha value is -2.37. The highest BCUT2D eigenvalue weighted by Gasteiger charge is 2.05. The summed E-state index contributed by atoms with van der Waals surface area (Å²) in [5.74, 6) is 0.185. The maximum atomic E-state index is 11.7. The molecule has 6 heteroatoms. The number of H-pyrrole nitrogens is 1. The second-order valence-electron chi connectivity index (χ2n) is 3.55. The van der Waals surface area contributed by atoms with Gasteiger partial charge in [0.05, 0.1) is 6.33 Å². The third-order valence-corrected chi connectivity index (χ3v) is 2.28. The lowest BCUT2D eigenvalue weighted by atomic mass is 10.2. The molecule has 2 aromatic heterocycles. The molecular formula is C11H13N5O. The first-order valence-corrected chi connectivity index (χ1v) is 5.22. The topological polar surface area (TPSA) is 96.7 Å². The summed E-state index contributed by atoms with van der Waals surface area (Å²) in [4.78, 5) is 22.4. The second kappa shape index (κ2) is 5.11. The van der Waals surface area contributed by atoms with E-state index in [4.69, 9.17) is 5.73 Å². The van der Waals surface area contributed by atoms with Gasteiger partial charge in [0, 0.05) is 36.6 Å². The van der Waals surface area contributed by atoms with Gasteiger partial charge in [0.15, 0.2) is 0 Å². The SMILES string of the molecule is Nc1cc(C(=O)NCCc2cnc[nH]2)ccn1. The molecule has 0 atom stereocenters. The van der Waals surface area contributed by atoms with Crippen LogP contribution in [-0.2, 0) is 6.42 Å². The zero-order valence-corrected chi connectivity index (χ0v) is 9.18. The van der Waals surface area contributed by atoms with Crippen LogP contribution in [0.3, 0.4) is 0 Å². The Kier molecular flexibility index (Phi) is 3.34. The van der Waals surface area contributed by atoms with Crippen molar-refractivity contribution >= 4 is 11.7 Å². The molecule has 0 bridgehead atoms. The molecular weight excluding hydrogens is 218 g/mol. The molecule has 2 heterocycles. The Labute approximate surface area is 98.3 Å². The van der Waals surface area contributed by atoms with Gasteiger partial charge in [-0.3, -0.25) is 4.79 Å². The van der Waals surface area contributed by atoms with Crippen molar-refractivity contribution in [1.29, 1.82) is 0 Å². The van der Waals surface area contributed by atoms with Crippen molar-refractivity contribution in [2.45, 2.75) is 6.42 Å². The number of anilines is 1. The van der Waals surface area contributed by atoms with Crippen LogP contribution in [0.1, 0.15) is 16.1 Å². The number of aromatic nitrogens is 3. The zero-order valence-electron chi connectivity index (χ0n) is 9.18. The number of nitrogens with one attached hydrogen (secondary N) is 2. The summed E-state index contributed by atoms with van der Waals surface area (Å²) in [6.07, 6.45) is 5.57. The highest BCUT2D eigenvalue weighted by Crippen LogP contribution is 2.02. The van der Waals surface area contributed by atoms with Crippen molar-refractivity contribution in [3.8, 4) is 0 Å². The molecule has 17 heavy (non-hydrogen) atoms. The van der Waals surface area contributed by atoms with E-state index in [1.807, 2.05) is 0 Å². The first kappa shape index (κ1) is 11.1. The highest BCUT2D eigenvalue weighted by molar-refractivity contribution is 5.94. The number of rotatable bonds is 4. The van der Waals surface area contributed by atoms with Crippen LogP contribution in [-0.4, -0.2) is 27.4 Å². The number of pyridine rings is 1. The number of hydrogen-bond acceptors (Lipinski definition) is 4. The molecule has 2 aromatic rings. The number of carbonyl (C=O) groups excluding carboxylic acids is 1. The van der Waals surface area contributed by atoms with E-state index in [1.54, 1.807) is 24.7 Å². The highest BCUT2D eigenvalue weighted by atomic mass is 16.1. The average Bonchev–Trinajstić information content (AvgIpc) is 2.82. The summed E-state index contributed by atoms with van der Waals surface area (Å²) in [5, 5.41) is 2.79. The fourth-order valence-corrected chi connectivity index (χ4v) is 1.42. The minimum absolute atomic E-state index is 0.154. The summed E-state index contributed by atoms with van der Waals surface area (Å²) in [5.41, 5.74) is 7.00. The molecule has 0 aliphatic heterocycles. The Morgan fingerprint density at radius 3 is 3.12 bits per heavy atom. The summed E-state index contributed by atoms with van der Waals surface area (Å²) in [7, 11) is 0. The number of nitrogens with two attached hydrogens (primary N) is 1. The zero-order chi connectivity index (χ0) is 12.1. The van der Waals surface area contributed by atoms with Crippen LogP contribution in [0, 0.1) is 0 Å². The standard InChI is InChI=1S/C11H13N5O/c12-10-5-8(1-3-14-10)11(17)15-4-2-9-6-13-7-16-9/h1,3,5-7H,2,4H2,(H2,12,14)(H,13,16)(H,15,17). The molecule has 0 spiro atoms. The summed E-state index contributed by atoms with van der Waals surface area (Å²) in [6.45, 7) is 0.545. The van der Waals surface area contributed by atoms with Crippen LogP contribution < -0.4 is 11.1 Å². The van der Waals surface area contributed by atoms with Crippen molar-refractivity contribution in [3.63, 3.8) is 0 Å². The number of imidazole rings is 1. The predicted octanol–water partition coefficient (Wildman–Crippen LogP) is 0.359. The maximum absolute atomic E-state index is 11.7. The molecule has 88 valence electrons. The maximum Gasteiger partial charge on any atom is 0.251 e. The van der Waals surface area contributed by atoms with Crippen molar-refractivity contribution in [1.82, 2.24) is 20.3 Å². The quantitative estimate of drug-likeness (QED) is 0.707. The molecule has 2 rings (SSSR count). The minimum Gasteiger partial charge on any atom is -0.384 e. The van der Waals surface area contributed by atoms with Gasteiger partial charge in [0.2, 0.25) is 0 Å². The van der Waals surface area contributed by atoms with Gasteiger partial charge in [0.25, 0.3) is 5.91 Å². The molecule has 0 saturated carbocycles. The largest absolute Gasteiger partial charge is 0.384 e. The van der Waals surface area contributed by atoms with E-state index in [1.165, 1.54) is 6.20 Å². The Morgan fingerprint density at radius 1 is 1.53 bits per heavy atom. The van der Waals surface area contributed by atoms with Crippen LogP contribution in [0.2, 0.25) is 0 Å². The fraction of sp³-hybridized carbons (Fsp3) is 0.182. The number of nitrogen functional groups attached to an aromatic ring is 1. The van der Waals surface area contributed by atoms with E-state index in [2.05, 4.69) is 20.3 Å². The number of nitrogens with zero attached hydrogens (tertiary/aromatic N) is 2. The number of carbonyl (C=O) groups is 1. The molecule has 0 aliphatic carbocycles.